The number of rotatable bonds is 6. The number of Topliss-reactive ketones (excluding diaryl/α,β-unsaturated/α-hetero) is 1. The second kappa shape index (κ2) is 8.43. The van der Waals surface area contributed by atoms with Crippen molar-refractivity contribution < 1.29 is 23.8 Å². The van der Waals surface area contributed by atoms with E-state index in [9.17, 15) is 14.9 Å². The van der Waals surface area contributed by atoms with Gasteiger partial charge in [-0.2, -0.15) is 5.26 Å². The maximum Gasteiger partial charge on any atom is 0.316 e. The van der Waals surface area contributed by atoms with Crippen LogP contribution < -0.4 is 9.47 Å². The molecule has 6 heteroatoms. The van der Waals surface area contributed by atoms with Gasteiger partial charge in [0, 0.05) is 6.42 Å². The van der Waals surface area contributed by atoms with E-state index in [-0.39, 0.29) is 17.6 Å². The zero-order valence-corrected chi connectivity index (χ0v) is 17.7. The first-order chi connectivity index (χ1) is 15.0. The minimum absolute atomic E-state index is 0.00652. The van der Waals surface area contributed by atoms with Gasteiger partial charge < -0.3 is 14.2 Å². The number of nitriles is 1. The van der Waals surface area contributed by atoms with Gasteiger partial charge in [0.1, 0.15) is 18.3 Å². The molecule has 2 aliphatic carbocycles. The van der Waals surface area contributed by atoms with Crippen LogP contribution in [0.2, 0.25) is 0 Å². The summed E-state index contributed by atoms with van der Waals surface area (Å²) in [6, 6.07) is 17.9. The highest BCUT2D eigenvalue weighted by Gasteiger charge is 2.57. The van der Waals surface area contributed by atoms with E-state index in [0.29, 0.717) is 37.4 Å². The van der Waals surface area contributed by atoms with E-state index in [1.165, 1.54) is 7.11 Å². The maximum absolute atomic E-state index is 12.4. The predicted octanol–water partition coefficient (Wildman–Crippen LogP) is 3.82. The van der Waals surface area contributed by atoms with Gasteiger partial charge in [-0.3, -0.25) is 9.59 Å². The summed E-state index contributed by atoms with van der Waals surface area (Å²) in [6.45, 7) is 0.379. The largest absolute Gasteiger partial charge is 0.493 e. The van der Waals surface area contributed by atoms with Crippen molar-refractivity contribution in [3.8, 4) is 17.6 Å². The molecule has 0 aromatic heterocycles. The van der Waals surface area contributed by atoms with Gasteiger partial charge in [0.25, 0.3) is 0 Å². The highest BCUT2D eigenvalue weighted by molar-refractivity contribution is 6.01. The Kier molecular flexibility index (Phi) is 5.69. The van der Waals surface area contributed by atoms with Crippen molar-refractivity contribution in [1.82, 2.24) is 0 Å². The van der Waals surface area contributed by atoms with Gasteiger partial charge >= 0.3 is 5.97 Å². The van der Waals surface area contributed by atoms with E-state index in [0.717, 1.165) is 11.1 Å². The molecule has 2 aromatic rings. The van der Waals surface area contributed by atoms with Crippen LogP contribution in [-0.4, -0.2) is 26.0 Å². The Balaban J connectivity index is 1.61. The Bertz CT molecular complexity index is 1020. The molecule has 31 heavy (non-hydrogen) atoms. The number of nitrogens with zero attached hydrogens (tertiary/aromatic N) is 1. The molecule has 0 heterocycles. The number of carbonyl (C=O) groups excluding carboxylic acids is 2. The van der Waals surface area contributed by atoms with E-state index in [4.69, 9.17) is 14.2 Å². The van der Waals surface area contributed by atoms with E-state index in [2.05, 4.69) is 6.07 Å². The van der Waals surface area contributed by atoms with E-state index < -0.39 is 17.3 Å². The fourth-order valence-corrected chi connectivity index (χ4v) is 5.14. The number of benzene rings is 2. The zero-order valence-electron chi connectivity index (χ0n) is 17.7. The molecule has 2 aliphatic rings. The monoisotopic (exact) mass is 419 g/mol. The highest BCUT2D eigenvalue weighted by atomic mass is 16.5. The smallest absolute Gasteiger partial charge is 0.316 e. The van der Waals surface area contributed by atoms with Gasteiger partial charge in [0.2, 0.25) is 0 Å². The lowest BCUT2D eigenvalue weighted by molar-refractivity contribution is -0.149. The molecule has 4 atom stereocenters. The number of fused-ring (bicyclic) bond motifs is 1. The molecular weight excluding hydrogens is 394 g/mol. The molecule has 160 valence electrons. The van der Waals surface area contributed by atoms with E-state index >= 15 is 0 Å². The summed E-state index contributed by atoms with van der Waals surface area (Å²) in [6.07, 6.45) is 1.31. The lowest BCUT2D eigenvalue weighted by Gasteiger charge is -2.25. The number of ketones is 1. The Morgan fingerprint density at radius 3 is 2.58 bits per heavy atom. The molecule has 0 amide bonds. The first-order valence-corrected chi connectivity index (χ1v) is 10.4. The zero-order chi connectivity index (χ0) is 22.0. The van der Waals surface area contributed by atoms with Gasteiger partial charge in [-0.15, -0.1) is 0 Å². The number of carbonyl (C=O) groups is 2. The minimum Gasteiger partial charge on any atom is -0.493 e. The van der Waals surface area contributed by atoms with Gasteiger partial charge in [0.15, 0.2) is 11.5 Å². The molecule has 0 saturated heterocycles. The number of ether oxygens (including phenoxy) is 3. The van der Waals surface area contributed by atoms with Gasteiger partial charge in [-0.1, -0.05) is 36.4 Å². The third-order valence-electron chi connectivity index (χ3n) is 6.66. The quantitative estimate of drug-likeness (QED) is 0.523. The second-order valence-corrected chi connectivity index (χ2v) is 8.34. The molecule has 0 spiro atoms. The third-order valence-corrected chi connectivity index (χ3v) is 6.66. The Morgan fingerprint density at radius 2 is 1.90 bits per heavy atom. The van der Waals surface area contributed by atoms with Gasteiger partial charge in [-0.25, -0.2) is 0 Å². The number of esters is 1. The van der Waals surface area contributed by atoms with Crippen LogP contribution in [0.1, 0.15) is 30.4 Å². The maximum atomic E-state index is 12.4. The standard InChI is InChI=1S/C25H25NO5/c1-29-21-9-8-18(11-22(21)31-14-16-6-4-3-5-7-16)25(15-26)12-17-10-20(27)23(19(17)13-25)24(28)30-2/h3-9,11,17,19,23H,10,12-14H2,1-2H3/t17-,19+,23?,25-/m1/s1. The summed E-state index contributed by atoms with van der Waals surface area (Å²) in [4.78, 5) is 24.6. The summed E-state index contributed by atoms with van der Waals surface area (Å²) in [7, 11) is 2.88. The van der Waals surface area contributed by atoms with Crippen LogP contribution in [0, 0.1) is 29.1 Å². The molecule has 0 aliphatic heterocycles. The first-order valence-electron chi connectivity index (χ1n) is 10.4. The number of hydrogen-bond donors (Lipinski definition) is 0. The average Bonchev–Trinajstić information content (AvgIpc) is 3.31. The van der Waals surface area contributed by atoms with Crippen molar-refractivity contribution >= 4 is 11.8 Å². The molecule has 6 nitrogen and oxygen atoms in total. The average molecular weight is 419 g/mol. The van der Waals surface area contributed by atoms with Crippen LogP contribution in [0.3, 0.4) is 0 Å². The van der Waals surface area contributed by atoms with Crippen molar-refractivity contribution in [3.05, 3.63) is 59.7 Å². The normalized spacial score (nSPS) is 26.7. The van der Waals surface area contributed by atoms with Crippen LogP contribution in [0.5, 0.6) is 11.5 Å². The van der Waals surface area contributed by atoms with Crippen molar-refractivity contribution in [3.63, 3.8) is 0 Å². The van der Waals surface area contributed by atoms with E-state index in [1.54, 1.807) is 7.11 Å². The molecule has 2 aromatic carbocycles. The fourth-order valence-electron chi connectivity index (χ4n) is 5.14. The molecule has 0 radical (unpaired) electrons. The molecule has 1 unspecified atom stereocenters. The summed E-state index contributed by atoms with van der Waals surface area (Å²) in [5.41, 5.74) is 1.07. The molecule has 2 saturated carbocycles. The lowest BCUT2D eigenvalue weighted by atomic mass is 9.77. The van der Waals surface area contributed by atoms with Gasteiger partial charge in [-0.05, 0) is 47.9 Å². The topological polar surface area (TPSA) is 85.6 Å². The third kappa shape index (κ3) is 3.76. The van der Waals surface area contributed by atoms with Crippen LogP contribution in [0.25, 0.3) is 0 Å². The van der Waals surface area contributed by atoms with Gasteiger partial charge in [0.05, 0.1) is 25.7 Å². The first kappa shape index (κ1) is 20.9. The SMILES string of the molecule is COC(=O)C1C(=O)C[C@@H]2C[C@@](C#N)(c3ccc(OC)c(OCc4ccccc4)c3)C[C@H]12. The minimum atomic E-state index is -0.778. The molecule has 0 bridgehead atoms. The van der Waals surface area contributed by atoms with Crippen molar-refractivity contribution in [1.29, 1.82) is 5.26 Å². The molecule has 4 rings (SSSR count). The number of hydrogen-bond acceptors (Lipinski definition) is 6. The Labute approximate surface area is 181 Å². The molecular formula is C25H25NO5. The van der Waals surface area contributed by atoms with Crippen molar-refractivity contribution in [2.24, 2.45) is 17.8 Å². The van der Waals surface area contributed by atoms with Crippen molar-refractivity contribution in [2.75, 3.05) is 14.2 Å². The fraction of sp³-hybridized carbons (Fsp3) is 0.400. The Hall–Kier alpha value is -3.33. The summed E-state index contributed by atoms with van der Waals surface area (Å²) in [5, 5.41) is 10.2. The predicted molar refractivity (Wildman–Crippen MR) is 112 cm³/mol. The van der Waals surface area contributed by atoms with Crippen LogP contribution in [-0.2, 0) is 26.3 Å². The van der Waals surface area contributed by atoms with Crippen LogP contribution in [0.4, 0.5) is 0 Å². The van der Waals surface area contributed by atoms with Crippen LogP contribution in [0.15, 0.2) is 48.5 Å². The Morgan fingerprint density at radius 1 is 1.13 bits per heavy atom. The summed E-state index contributed by atoms with van der Waals surface area (Å²) >= 11 is 0. The van der Waals surface area contributed by atoms with E-state index in [1.807, 2.05) is 48.5 Å². The lowest BCUT2D eigenvalue weighted by Crippen LogP contribution is -2.29. The van der Waals surface area contributed by atoms with Crippen molar-refractivity contribution in [2.45, 2.75) is 31.3 Å². The molecule has 0 N–H and O–H groups in total. The summed E-state index contributed by atoms with van der Waals surface area (Å²) in [5.74, 6) is -0.340. The molecule has 2 fully saturated rings. The number of methoxy groups -OCH3 is 2. The summed E-state index contributed by atoms with van der Waals surface area (Å²) < 4.78 is 16.3. The second-order valence-electron chi connectivity index (χ2n) is 8.34. The van der Waals surface area contributed by atoms with Crippen LogP contribution >= 0.6 is 0 Å². The highest BCUT2D eigenvalue weighted by Crippen LogP contribution is 2.55.